The van der Waals surface area contributed by atoms with Crippen LogP contribution in [0.15, 0.2) is 53.1 Å². The number of nitrogens with zero attached hydrogens (tertiary/aromatic N) is 1. The molecule has 1 atom stereocenters. The van der Waals surface area contributed by atoms with Gasteiger partial charge < -0.3 is 14.2 Å². The zero-order valence-corrected chi connectivity index (χ0v) is 15.1. The van der Waals surface area contributed by atoms with Crippen LogP contribution >= 0.6 is 15.9 Å². The minimum atomic E-state index is -0.845. The van der Waals surface area contributed by atoms with E-state index >= 15 is 0 Å². The zero-order chi connectivity index (χ0) is 17.3. The van der Waals surface area contributed by atoms with E-state index < -0.39 is 6.10 Å². The van der Waals surface area contributed by atoms with E-state index in [2.05, 4.69) is 15.9 Å². The molecule has 0 spiro atoms. The Labute approximate surface area is 148 Å². The van der Waals surface area contributed by atoms with E-state index in [9.17, 15) is 9.90 Å². The van der Waals surface area contributed by atoms with Crippen molar-refractivity contribution in [1.82, 2.24) is 4.40 Å². The molecule has 0 saturated heterocycles. The van der Waals surface area contributed by atoms with Crippen molar-refractivity contribution >= 4 is 27.4 Å². The third-order valence-corrected chi connectivity index (χ3v) is 4.59. The number of hydrogen-bond donors (Lipinski definition) is 1. The lowest BCUT2D eigenvalue weighted by molar-refractivity contribution is 0.0525. The van der Waals surface area contributed by atoms with E-state index in [4.69, 9.17) is 4.74 Å². The van der Waals surface area contributed by atoms with E-state index in [0.29, 0.717) is 23.4 Å². The number of ether oxygens (including phenoxy) is 1. The molecule has 0 aliphatic rings. The molecule has 3 aromatic rings. The van der Waals surface area contributed by atoms with Crippen molar-refractivity contribution in [2.24, 2.45) is 0 Å². The number of aromatic nitrogens is 1. The first-order valence-electron chi connectivity index (χ1n) is 7.74. The van der Waals surface area contributed by atoms with E-state index in [1.165, 1.54) is 0 Å². The minimum absolute atomic E-state index is 0.315. The molecule has 0 saturated carbocycles. The lowest BCUT2D eigenvalue weighted by Gasteiger charge is -2.19. The molecule has 3 rings (SSSR count). The number of benzene rings is 1. The van der Waals surface area contributed by atoms with Gasteiger partial charge in [-0.1, -0.05) is 28.1 Å². The molecule has 2 heterocycles. The Kier molecular flexibility index (Phi) is 4.73. The van der Waals surface area contributed by atoms with Gasteiger partial charge in [-0.05, 0) is 55.3 Å². The second-order valence-electron chi connectivity index (χ2n) is 5.55. The molecular weight excluding hydrogens is 370 g/mol. The van der Waals surface area contributed by atoms with Crippen LogP contribution in [0.1, 0.15) is 40.2 Å². The highest BCUT2D eigenvalue weighted by atomic mass is 79.9. The standard InChI is InChI=1S/C19H18BrNO3/c1-3-24-19(23)16-11-15-5-4-10-21(15)17(12(16)2)18(22)13-6-8-14(20)9-7-13/h4-11,18,22H,3H2,1-2H3. The van der Waals surface area contributed by atoms with E-state index in [0.717, 1.165) is 15.6 Å². The second-order valence-corrected chi connectivity index (χ2v) is 6.46. The summed E-state index contributed by atoms with van der Waals surface area (Å²) in [5, 5.41) is 10.9. The monoisotopic (exact) mass is 387 g/mol. The molecule has 0 aliphatic heterocycles. The van der Waals surface area contributed by atoms with Crippen molar-refractivity contribution in [3.8, 4) is 0 Å². The Balaban J connectivity index is 2.18. The van der Waals surface area contributed by atoms with Gasteiger partial charge in [-0.2, -0.15) is 0 Å². The topological polar surface area (TPSA) is 50.9 Å². The number of aliphatic hydroxyl groups excluding tert-OH is 1. The molecule has 5 heteroatoms. The summed E-state index contributed by atoms with van der Waals surface area (Å²) in [5.41, 5.74) is 3.47. The Hall–Kier alpha value is -2.11. The van der Waals surface area contributed by atoms with E-state index in [1.807, 2.05) is 53.9 Å². The maximum absolute atomic E-state index is 12.3. The van der Waals surface area contributed by atoms with Gasteiger partial charge in [-0.15, -0.1) is 0 Å². The molecule has 0 radical (unpaired) electrons. The van der Waals surface area contributed by atoms with Crippen LogP contribution in [0.25, 0.3) is 5.52 Å². The van der Waals surface area contributed by atoms with Gasteiger partial charge in [0.2, 0.25) is 0 Å². The van der Waals surface area contributed by atoms with Crippen molar-refractivity contribution in [2.75, 3.05) is 6.61 Å². The number of rotatable bonds is 4. The number of carbonyl (C=O) groups excluding carboxylic acids is 1. The summed E-state index contributed by atoms with van der Waals surface area (Å²) in [6, 6.07) is 13.1. The molecule has 1 aromatic carbocycles. The average molecular weight is 388 g/mol. The molecule has 1 unspecified atom stereocenters. The van der Waals surface area contributed by atoms with Crippen molar-refractivity contribution in [2.45, 2.75) is 20.0 Å². The molecule has 0 amide bonds. The number of esters is 1. The zero-order valence-electron chi connectivity index (χ0n) is 13.5. The molecule has 0 fully saturated rings. The van der Waals surface area contributed by atoms with Crippen LogP contribution in [0.4, 0.5) is 0 Å². The predicted molar refractivity (Wildman–Crippen MR) is 96.3 cm³/mol. The number of hydrogen-bond acceptors (Lipinski definition) is 3. The van der Waals surface area contributed by atoms with Crippen LogP contribution in [0, 0.1) is 6.92 Å². The molecular formula is C19H18BrNO3. The van der Waals surface area contributed by atoms with Crippen LogP contribution in [-0.4, -0.2) is 22.1 Å². The first-order chi connectivity index (χ1) is 11.5. The smallest absolute Gasteiger partial charge is 0.338 e. The fourth-order valence-electron chi connectivity index (χ4n) is 2.87. The normalized spacial score (nSPS) is 12.3. The van der Waals surface area contributed by atoms with Crippen molar-refractivity contribution < 1.29 is 14.6 Å². The summed E-state index contributed by atoms with van der Waals surface area (Å²) in [7, 11) is 0. The molecule has 1 N–H and O–H groups in total. The second kappa shape index (κ2) is 6.79. The van der Waals surface area contributed by atoms with Crippen LogP contribution in [-0.2, 0) is 4.74 Å². The minimum Gasteiger partial charge on any atom is -0.462 e. The van der Waals surface area contributed by atoms with E-state index in [1.54, 1.807) is 13.0 Å². The highest BCUT2D eigenvalue weighted by Crippen LogP contribution is 2.29. The SMILES string of the molecule is CCOC(=O)c1cc2cccn2c(C(O)c2ccc(Br)cc2)c1C. The quantitative estimate of drug-likeness (QED) is 0.680. The molecule has 0 bridgehead atoms. The average Bonchev–Trinajstić information content (AvgIpc) is 3.02. The van der Waals surface area contributed by atoms with Crippen molar-refractivity contribution in [3.05, 3.63) is 75.5 Å². The van der Waals surface area contributed by atoms with Gasteiger partial charge in [0, 0.05) is 16.2 Å². The maximum Gasteiger partial charge on any atom is 0.338 e. The summed E-state index contributed by atoms with van der Waals surface area (Å²) in [5.74, 6) is -0.372. The fourth-order valence-corrected chi connectivity index (χ4v) is 3.13. The number of aliphatic hydroxyl groups is 1. The number of carbonyl (C=O) groups is 1. The Bertz CT molecular complexity index is 884. The van der Waals surface area contributed by atoms with Gasteiger partial charge in [-0.25, -0.2) is 4.79 Å². The Morgan fingerprint density at radius 2 is 2.00 bits per heavy atom. The van der Waals surface area contributed by atoms with Crippen molar-refractivity contribution in [1.29, 1.82) is 0 Å². The summed E-state index contributed by atoms with van der Waals surface area (Å²) in [6.45, 7) is 3.93. The third kappa shape index (κ3) is 2.97. The number of pyridine rings is 1. The molecule has 2 aromatic heterocycles. The Morgan fingerprint density at radius 1 is 1.29 bits per heavy atom. The van der Waals surface area contributed by atoms with Crippen LogP contribution in [0.3, 0.4) is 0 Å². The van der Waals surface area contributed by atoms with Crippen LogP contribution in [0.5, 0.6) is 0 Å². The van der Waals surface area contributed by atoms with Crippen LogP contribution in [0.2, 0.25) is 0 Å². The van der Waals surface area contributed by atoms with E-state index in [-0.39, 0.29) is 5.97 Å². The number of fused-ring (bicyclic) bond motifs is 1. The summed E-state index contributed by atoms with van der Waals surface area (Å²) < 4.78 is 8.01. The first-order valence-corrected chi connectivity index (χ1v) is 8.53. The summed E-state index contributed by atoms with van der Waals surface area (Å²) >= 11 is 3.40. The van der Waals surface area contributed by atoms with Gasteiger partial charge >= 0.3 is 5.97 Å². The predicted octanol–water partition coefficient (Wildman–Crippen LogP) is 4.27. The first kappa shape index (κ1) is 16.7. The largest absolute Gasteiger partial charge is 0.462 e. The number of halogens is 1. The van der Waals surface area contributed by atoms with Gasteiger partial charge in [-0.3, -0.25) is 0 Å². The molecule has 124 valence electrons. The Morgan fingerprint density at radius 3 is 2.67 bits per heavy atom. The summed E-state index contributed by atoms with van der Waals surface area (Å²) in [6.07, 6.45) is 1.04. The van der Waals surface area contributed by atoms with Gasteiger partial charge in [0.05, 0.1) is 17.9 Å². The van der Waals surface area contributed by atoms with Crippen molar-refractivity contribution in [3.63, 3.8) is 0 Å². The van der Waals surface area contributed by atoms with Gasteiger partial charge in [0.15, 0.2) is 0 Å². The molecule has 0 aliphatic carbocycles. The van der Waals surface area contributed by atoms with Gasteiger partial charge in [0.1, 0.15) is 6.10 Å². The molecule has 24 heavy (non-hydrogen) atoms. The maximum atomic E-state index is 12.3. The highest BCUT2D eigenvalue weighted by molar-refractivity contribution is 9.10. The third-order valence-electron chi connectivity index (χ3n) is 4.06. The van der Waals surface area contributed by atoms with Gasteiger partial charge in [0.25, 0.3) is 0 Å². The fraction of sp³-hybridized carbons (Fsp3) is 0.211. The van der Waals surface area contributed by atoms with Crippen LogP contribution < -0.4 is 0 Å². The lowest BCUT2D eigenvalue weighted by atomic mass is 9.98. The molecule has 4 nitrogen and oxygen atoms in total. The highest BCUT2D eigenvalue weighted by Gasteiger charge is 2.22. The lowest BCUT2D eigenvalue weighted by Crippen LogP contribution is -2.14. The summed E-state index contributed by atoms with van der Waals surface area (Å²) in [4.78, 5) is 12.3.